The number of nitrogen functional groups attached to an aromatic ring is 1. The predicted molar refractivity (Wildman–Crippen MR) is 99.6 cm³/mol. The van der Waals surface area contributed by atoms with Crippen LogP contribution in [0.15, 0.2) is 23.6 Å². The number of imide groups is 1. The molecule has 4 N–H and O–H groups in total. The molecule has 2 aliphatic rings. The Morgan fingerprint density at radius 1 is 1.30 bits per heavy atom. The van der Waals surface area contributed by atoms with Crippen LogP contribution < -0.4 is 16.4 Å². The second-order valence-corrected chi connectivity index (χ2v) is 7.52. The van der Waals surface area contributed by atoms with Crippen LogP contribution in [0.1, 0.15) is 40.0 Å². The minimum Gasteiger partial charge on any atom is -0.375 e. The second kappa shape index (κ2) is 7.09. The third kappa shape index (κ3) is 3.43. The van der Waals surface area contributed by atoms with Gasteiger partial charge in [0.1, 0.15) is 6.04 Å². The van der Waals surface area contributed by atoms with Gasteiger partial charge in [-0.2, -0.15) is 0 Å². The maximum absolute atomic E-state index is 13.0. The number of carbonyl (C=O) groups excluding carboxylic acids is 3. The van der Waals surface area contributed by atoms with Gasteiger partial charge in [0.05, 0.1) is 5.69 Å². The largest absolute Gasteiger partial charge is 0.375 e. The number of aromatic nitrogens is 1. The highest BCUT2D eigenvalue weighted by atomic mass is 32.1. The SMILES string of the molecule is Nc1nc(CNCc2cccc3c2C(=O)N(C2CCC(=O)NC2=O)C3)cs1. The van der Waals surface area contributed by atoms with Crippen LogP contribution in [0.25, 0.3) is 0 Å². The van der Waals surface area contributed by atoms with E-state index in [1.807, 2.05) is 23.6 Å². The van der Waals surface area contributed by atoms with E-state index >= 15 is 0 Å². The highest BCUT2D eigenvalue weighted by molar-refractivity contribution is 7.13. The van der Waals surface area contributed by atoms with Crippen molar-refractivity contribution in [3.8, 4) is 0 Å². The van der Waals surface area contributed by atoms with Crippen molar-refractivity contribution in [1.29, 1.82) is 0 Å². The van der Waals surface area contributed by atoms with E-state index in [0.717, 1.165) is 16.8 Å². The van der Waals surface area contributed by atoms with Gasteiger partial charge < -0.3 is 16.0 Å². The summed E-state index contributed by atoms with van der Waals surface area (Å²) in [5, 5.41) is 8.03. The van der Waals surface area contributed by atoms with Crippen LogP contribution in [0.3, 0.4) is 0 Å². The van der Waals surface area contributed by atoms with Crippen LogP contribution in [0.2, 0.25) is 0 Å². The first-order valence-corrected chi connectivity index (χ1v) is 9.57. The van der Waals surface area contributed by atoms with E-state index in [4.69, 9.17) is 5.73 Å². The van der Waals surface area contributed by atoms with Gasteiger partial charge >= 0.3 is 0 Å². The fourth-order valence-corrected chi connectivity index (χ4v) is 4.13. The molecular weight excluding hydrogens is 366 g/mol. The molecule has 1 aromatic carbocycles. The molecule has 1 aromatic heterocycles. The van der Waals surface area contributed by atoms with Gasteiger partial charge in [-0.15, -0.1) is 11.3 Å². The van der Waals surface area contributed by atoms with E-state index in [2.05, 4.69) is 15.6 Å². The lowest BCUT2D eigenvalue weighted by Gasteiger charge is -2.29. The molecule has 0 aliphatic carbocycles. The van der Waals surface area contributed by atoms with Gasteiger partial charge in [-0.3, -0.25) is 19.7 Å². The summed E-state index contributed by atoms with van der Waals surface area (Å²) in [5.41, 5.74) is 8.93. The standard InChI is InChI=1S/C18H19N5O3S/c19-18-21-12(9-27-18)7-20-6-10-2-1-3-11-8-23(17(26)15(10)11)13-4-5-14(24)22-16(13)25/h1-3,9,13,20H,4-8H2,(H2,19,21)(H,22,24,25). The van der Waals surface area contributed by atoms with Gasteiger partial charge in [0.25, 0.3) is 5.91 Å². The Bertz CT molecular complexity index is 925. The number of amides is 3. The van der Waals surface area contributed by atoms with Crippen molar-refractivity contribution in [2.75, 3.05) is 5.73 Å². The average Bonchev–Trinajstić information content (AvgIpc) is 3.19. The average molecular weight is 385 g/mol. The fraction of sp³-hybridized carbons (Fsp3) is 0.333. The Morgan fingerprint density at radius 2 is 2.15 bits per heavy atom. The van der Waals surface area contributed by atoms with Gasteiger partial charge in [-0.1, -0.05) is 18.2 Å². The van der Waals surface area contributed by atoms with Crippen molar-refractivity contribution < 1.29 is 14.4 Å². The third-order valence-electron chi connectivity index (χ3n) is 4.83. The minimum absolute atomic E-state index is 0.158. The summed E-state index contributed by atoms with van der Waals surface area (Å²) in [6.45, 7) is 1.45. The first kappa shape index (κ1) is 17.6. The monoisotopic (exact) mass is 385 g/mol. The zero-order valence-corrected chi connectivity index (χ0v) is 15.3. The van der Waals surface area contributed by atoms with Crippen molar-refractivity contribution >= 4 is 34.2 Å². The van der Waals surface area contributed by atoms with Gasteiger partial charge in [0.15, 0.2) is 5.13 Å². The molecule has 1 atom stereocenters. The molecule has 0 radical (unpaired) electrons. The number of fused-ring (bicyclic) bond motifs is 1. The molecule has 1 saturated heterocycles. The minimum atomic E-state index is -0.596. The fourth-order valence-electron chi connectivity index (χ4n) is 3.57. The van der Waals surface area contributed by atoms with Crippen molar-refractivity contribution in [2.24, 2.45) is 0 Å². The van der Waals surface area contributed by atoms with Gasteiger partial charge in [-0.25, -0.2) is 4.98 Å². The summed E-state index contributed by atoms with van der Waals surface area (Å²) in [4.78, 5) is 42.3. The number of rotatable bonds is 5. The first-order chi connectivity index (χ1) is 13.0. The Balaban J connectivity index is 1.48. The first-order valence-electron chi connectivity index (χ1n) is 8.69. The topological polar surface area (TPSA) is 117 Å². The Labute approximate surface area is 159 Å². The normalized spacial score (nSPS) is 19.3. The van der Waals surface area contributed by atoms with E-state index < -0.39 is 11.9 Å². The van der Waals surface area contributed by atoms with Crippen molar-refractivity contribution in [1.82, 2.24) is 20.5 Å². The molecule has 2 aromatic rings. The van der Waals surface area contributed by atoms with Crippen molar-refractivity contribution in [3.63, 3.8) is 0 Å². The van der Waals surface area contributed by atoms with E-state index in [9.17, 15) is 14.4 Å². The summed E-state index contributed by atoms with van der Waals surface area (Å²) >= 11 is 1.39. The number of benzene rings is 1. The summed E-state index contributed by atoms with van der Waals surface area (Å²) in [6, 6.07) is 5.13. The molecule has 0 bridgehead atoms. The molecular formula is C18H19N5O3S. The molecule has 1 unspecified atom stereocenters. The molecule has 27 heavy (non-hydrogen) atoms. The number of carbonyl (C=O) groups is 3. The van der Waals surface area contributed by atoms with Crippen LogP contribution in [0.4, 0.5) is 5.13 Å². The predicted octanol–water partition coefficient (Wildman–Crippen LogP) is 0.776. The maximum Gasteiger partial charge on any atom is 0.255 e. The highest BCUT2D eigenvalue weighted by Crippen LogP contribution is 2.29. The molecule has 0 saturated carbocycles. The van der Waals surface area contributed by atoms with Crippen LogP contribution in [-0.2, 0) is 29.2 Å². The van der Waals surface area contributed by atoms with Gasteiger partial charge in [0, 0.05) is 37.0 Å². The van der Waals surface area contributed by atoms with E-state index in [-0.39, 0.29) is 18.2 Å². The lowest BCUT2D eigenvalue weighted by molar-refractivity contribution is -0.136. The lowest BCUT2D eigenvalue weighted by Crippen LogP contribution is -2.52. The molecule has 1 fully saturated rings. The number of nitrogens with two attached hydrogens (primary N) is 1. The van der Waals surface area contributed by atoms with Crippen LogP contribution in [0.5, 0.6) is 0 Å². The molecule has 2 aliphatic heterocycles. The highest BCUT2D eigenvalue weighted by Gasteiger charge is 2.39. The smallest absolute Gasteiger partial charge is 0.255 e. The quantitative estimate of drug-likeness (QED) is 0.655. The third-order valence-corrected chi connectivity index (χ3v) is 5.55. The van der Waals surface area contributed by atoms with Crippen LogP contribution >= 0.6 is 11.3 Å². The van der Waals surface area contributed by atoms with Crippen molar-refractivity contribution in [2.45, 2.75) is 38.5 Å². The van der Waals surface area contributed by atoms with Gasteiger partial charge in [-0.05, 0) is 17.5 Å². The second-order valence-electron chi connectivity index (χ2n) is 6.63. The molecule has 0 spiro atoms. The molecule has 9 heteroatoms. The number of anilines is 1. The van der Waals surface area contributed by atoms with Crippen LogP contribution in [0, 0.1) is 0 Å². The summed E-state index contributed by atoms with van der Waals surface area (Å²) in [5.74, 6) is -0.837. The van der Waals surface area contributed by atoms with Gasteiger partial charge in [0.2, 0.25) is 11.8 Å². The number of piperidine rings is 1. The zero-order valence-electron chi connectivity index (χ0n) is 14.5. The lowest BCUT2D eigenvalue weighted by atomic mass is 10.0. The molecule has 3 amide bonds. The summed E-state index contributed by atoms with van der Waals surface area (Å²) < 4.78 is 0. The Morgan fingerprint density at radius 3 is 2.89 bits per heavy atom. The number of thiazole rings is 1. The maximum atomic E-state index is 13.0. The van der Waals surface area contributed by atoms with Crippen molar-refractivity contribution in [3.05, 3.63) is 46.0 Å². The Kier molecular flexibility index (Phi) is 4.63. The zero-order chi connectivity index (χ0) is 19.0. The molecule has 3 heterocycles. The van der Waals surface area contributed by atoms with E-state index in [1.165, 1.54) is 11.3 Å². The van der Waals surface area contributed by atoms with E-state index in [0.29, 0.717) is 36.8 Å². The number of hydrogen-bond acceptors (Lipinski definition) is 7. The number of hydrogen-bond donors (Lipinski definition) is 3. The van der Waals surface area contributed by atoms with Crippen LogP contribution in [-0.4, -0.2) is 33.6 Å². The summed E-state index contributed by atoms with van der Waals surface area (Å²) in [7, 11) is 0. The summed E-state index contributed by atoms with van der Waals surface area (Å²) in [6.07, 6.45) is 0.616. The Hall–Kier alpha value is -2.78. The number of nitrogens with zero attached hydrogens (tertiary/aromatic N) is 2. The number of nitrogens with one attached hydrogen (secondary N) is 2. The molecule has 140 valence electrons. The van der Waals surface area contributed by atoms with E-state index in [1.54, 1.807) is 4.90 Å². The molecule has 8 nitrogen and oxygen atoms in total. The molecule has 4 rings (SSSR count).